The molecule has 2 nitrogen and oxygen atoms in total. The summed E-state index contributed by atoms with van der Waals surface area (Å²) in [5.41, 5.74) is 12.1. The molecule has 0 aliphatic heterocycles. The van der Waals surface area contributed by atoms with Gasteiger partial charge in [0.1, 0.15) is 0 Å². The third-order valence-electron chi connectivity index (χ3n) is 2.97. The molecule has 0 atom stereocenters. The van der Waals surface area contributed by atoms with E-state index in [0.717, 1.165) is 11.4 Å². The molecule has 18 heavy (non-hydrogen) atoms. The molecule has 3 heteroatoms. The second-order valence-electron chi connectivity index (χ2n) is 4.60. The van der Waals surface area contributed by atoms with Gasteiger partial charge in [-0.1, -0.05) is 35.4 Å². The molecule has 0 saturated carbocycles. The van der Waals surface area contributed by atoms with Crippen LogP contribution in [-0.4, -0.2) is 0 Å². The minimum absolute atomic E-state index is 0.634. The Kier molecular flexibility index (Phi) is 3.48. The summed E-state index contributed by atoms with van der Waals surface area (Å²) in [4.78, 5) is 0. The lowest BCUT2D eigenvalue weighted by molar-refractivity contribution is 1.31. The molecule has 0 fully saturated rings. The molecule has 0 aromatic heterocycles. The van der Waals surface area contributed by atoms with Gasteiger partial charge in [0.2, 0.25) is 0 Å². The zero-order valence-corrected chi connectivity index (χ0v) is 11.6. The molecule has 0 aliphatic rings. The first kappa shape index (κ1) is 12.8. The average molecular weight is 261 g/mol. The fourth-order valence-corrected chi connectivity index (χ4v) is 2.40. The summed E-state index contributed by atoms with van der Waals surface area (Å²) >= 11 is 6.17. The SMILES string of the molecule is Cc1cc(C)c(Nc2c(N)cccc2Cl)c(C)c1. The zero-order valence-electron chi connectivity index (χ0n) is 10.8. The van der Waals surface area contributed by atoms with Gasteiger partial charge in [0.05, 0.1) is 16.4 Å². The summed E-state index contributed by atoms with van der Waals surface area (Å²) in [5.74, 6) is 0. The van der Waals surface area contributed by atoms with Crippen LogP contribution in [-0.2, 0) is 0 Å². The Bertz CT molecular complexity index is 548. The summed E-state index contributed by atoms with van der Waals surface area (Å²) in [5, 5.41) is 3.98. The van der Waals surface area contributed by atoms with Crippen LogP contribution in [0.3, 0.4) is 0 Å². The van der Waals surface area contributed by atoms with Crippen molar-refractivity contribution in [2.24, 2.45) is 0 Å². The van der Waals surface area contributed by atoms with E-state index in [-0.39, 0.29) is 0 Å². The zero-order chi connectivity index (χ0) is 13.3. The topological polar surface area (TPSA) is 38.0 Å². The van der Waals surface area contributed by atoms with Crippen molar-refractivity contribution in [3.05, 3.63) is 52.0 Å². The Morgan fingerprint density at radius 1 is 1.00 bits per heavy atom. The molecule has 3 N–H and O–H groups in total. The summed E-state index contributed by atoms with van der Waals surface area (Å²) in [6.45, 7) is 6.25. The smallest absolute Gasteiger partial charge is 0.0807 e. The molecule has 2 rings (SSSR count). The lowest BCUT2D eigenvalue weighted by Crippen LogP contribution is -2.01. The number of hydrogen-bond acceptors (Lipinski definition) is 2. The predicted octanol–water partition coefficient (Wildman–Crippen LogP) is 4.59. The van der Waals surface area contributed by atoms with Crippen molar-refractivity contribution in [1.82, 2.24) is 0 Å². The molecule has 0 spiro atoms. The van der Waals surface area contributed by atoms with Crippen LogP contribution in [0.1, 0.15) is 16.7 Å². The molecule has 0 heterocycles. The summed E-state index contributed by atoms with van der Waals surface area (Å²) < 4.78 is 0. The number of aryl methyl sites for hydroxylation is 3. The highest BCUT2D eigenvalue weighted by Crippen LogP contribution is 2.33. The number of para-hydroxylation sites is 1. The van der Waals surface area contributed by atoms with Crippen molar-refractivity contribution in [2.45, 2.75) is 20.8 Å². The standard InChI is InChI=1S/C15H17ClN2/c1-9-7-10(2)14(11(3)8-9)18-15-12(16)5-4-6-13(15)17/h4-8,18H,17H2,1-3H3. The normalized spacial score (nSPS) is 10.4. The third-order valence-corrected chi connectivity index (χ3v) is 3.29. The minimum atomic E-state index is 0.634. The van der Waals surface area contributed by atoms with Gasteiger partial charge in [-0.3, -0.25) is 0 Å². The molecule has 2 aromatic rings. The van der Waals surface area contributed by atoms with Crippen LogP contribution in [0.15, 0.2) is 30.3 Å². The number of rotatable bonds is 2. The van der Waals surface area contributed by atoms with E-state index in [1.807, 2.05) is 18.2 Å². The average Bonchev–Trinajstić information content (AvgIpc) is 2.26. The largest absolute Gasteiger partial charge is 0.397 e. The Labute approximate surface area is 113 Å². The van der Waals surface area contributed by atoms with Crippen LogP contribution in [0.25, 0.3) is 0 Å². The number of halogens is 1. The van der Waals surface area contributed by atoms with E-state index in [1.54, 1.807) is 0 Å². The van der Waals surface area contributed by atoms with Crippen molar-refractivity contribution in [2.75, 3.05) is 11.1 Å². The lowest BCUT2D eigenvalue weighted by atomic mass is 10.0. The third kappa shape index (κ3) is 2.44. The quantitative estimate of drug-likeness (QED) is 0.775. The number of benzene rings is 2. The maximum absolute atomic E-state index is 6.17. The maximum Gasteiger partial charge on any atom is 0.0807 e. The van der Waals surface area contributed by atoms with E-state index in [2.05, 4.69) is 38.2 Å². The first-order valence-corrected chi connectivity index (χ1v) is 6.25. The second kappa shape index (κ2) is 4.91. The second-order valence-corrected chi connectivity index (χ2v) is 5.01. The van der Waals surface area contributed by atoms with Gasteiger partial charge in [-0.05, 0) is 44.0 Å². The Morgan fingerprint density at radius 2 is 1.61 bits per heavy atom. The number of anilines is 3. The van der Waals surface area contributed by atoms with E-state index in [0.29, 0.717) is 10.7 Å². The fraction of sp³-hybridized carbons (Fsp3) is 0.200. The van der Waals surface area contributed by atoms with E-state index >= 15 is 0 Å². The van der Waals surface area contributed by atoms with Gasteiger partial charge in [0.25, 0.3) is 0 Å². The number of hydrogen-bond donors (Lipinski definition) is 2. The van der Waals surface area contributed by atoms with Gasteiger partial charge in [-0.15, -0.1) is 0 Å². The molecule has 0 amide bonds. The highest BCUT2D eigenvalue weighted by atomic mass is 35.5. The monoisotopic (exact) mass is 260 g/mol. The van der Waals surface area contributed by atoms with E-state index < -0.39 is 0 Å². The first-order chi connectivity index (χ1) is 8.49. The molecule has 0 bridgehead atoms. The molecule has 0 radical (unpaired) electrons. The summed E-state index contributed by atoms with van der Waals surface area (Å²) in [6, 6.07) is 9.80. The fourth-order valence-electron chi connectivity index (χ4n) is 2.17. The van der Waals surface area contributed by atoms with Crippen molar-refractivity contribution >= 4 is 28.7 Å². The van der Waals surface area contributed by atoms with Crippen LogP contribution in [0.5, 0.6) is 0 Å². The lowest BCUT2D eigenvalue weighted by Gasteiger charge is -2.16. The molecular weight excluding hydrogens is 244 g/mol. The number of nitrogens with two attached hydrogens (primary N) is 1. The van der Waals surface area contributed by atoms with Gasteiger partial charge < -0.3 is 11.1 Å². The summed E-state index contributed by atoms with van der Waals surface area (Å²) in [7, 11) is 0. The molecule has 94 valence electrons. The Morgan fingerprint density at radius 3 is 2.17 bits per heavy atom. The summed E-state index contributed by atoms with van der Waals surface area (Å²) in [6.07, 6.45) is 0. The van der Waals surface area contributed by atoms with Crippen molar-refractivity contribution in [1.29, 1.82) is 0 Å². The van der Waals surface area contributed by atoms with Gasteiger partial charge in [-0.2, -0.15) is 0 Å². The Hall–Kier alpha value is -1.67. The van der Waals surface area contributed by atoms with Gasteiger partial charge in [0, 0.05) is 5.69 Å². The van der Waals surface area contributed by atoms with E-state index in [4.69, 9.17) is 17.3 Å². The van der Waals surface area contributed by atoms with Gasteiger partial charge in [-0.25, -0.2) is 0 Å². The van der Waals surface area contributed by atoms with Crippen molar-refractivity contribution in [3.63, 3.8) is 0 Å². The van der Waals surface area contributed by atoms with E-state index in [1.165, 1.54) is 16.7 Å². The van der Waals surface area contributed by atoms with E-state index in [9.17, 15) is 0 Å². The Balaban J connectivity index is 2.47. The number of nitrogens with one attached hydrogen (secondary N) is 1. The molecule has 0 unspecified atom stereocenters. The highest BCUT2D eigenvalue weighted by molar-refractivity contribution is 6.34. The van der Waals surface area contributed by atoms with Crippen LogP contribution in [0, 0.1) is 20.8 Å². The molecule has 0 aliphatic carbocycles. The van der Waals surface area contributed by atoms with Crippen LogP contribution < -0.4 is 11.1 Å². The first-order valence-electron chi connectivity index (χ1n) is 5.88. The van der Waals surface area contributed by atoms with Crippen molar-refractivity contribution in [3.8, 4) is 0 Å². The molecular formula is C15H17ClN2. The van der Waals surface area contributed by atoms with Gasteiger partial charge in [0.15, 0.2) is 0 Å². The van der Waals surface area contributed by atoms with Crippen LogP contribution >= 0.6 is 11.6 Å². The van der Waals surface area contributed by atoms with Crippen LogP contribution in [0.4, 0.5) is 17.1 Å². The van der Waals surface area contributed by atoms with Crippen LogP contribution in [0.2, 0.25) is 5.02 Å². The van der Waals surface area contributed by atoms with Gasteiger partial charge >= 0.3 is 0 Å². The predicted molar refractivity (Wildman–Crippen MR) is 79.8 cm³/mol. The molecule has 0 saturated heterocycles. The minimum Gasteiger partial charge on any atom is -0.397 e. The molecule has 2 aromatic carbocycles. The van der Waals surface area contributed by atoms with Crippen molar-refractivity contribution < 1.29 is 0 Å². The maximum atomic E-state index is 6.17. The highest BCUT2D eigenvalue weighted by Gasteiger charge is 2.08. The number of nitrogen functional groups attached to an aromatic ring is 1.